The summed E-state index contributed by atoms with van der Waals surface area (Å²) in [7, 11) is 0. The number of benzene rings is 1. The third-order valence-electron chi connectivity index (χ3n) is 3.52. The molecule has 0 aromatic heterocycles. The largest absolute Gasteiger partial charge is 0.275 e. The van der Waals surface area contributed by atoms with Gasteiger partial charge < -0.3 is 0 Å². The number of imide groups is 1. The topological polar surface area (TPSA) is 37.4 Å². The second kappa shape index (κ2) is 5.08. The van der Waals surface area contributed by atoms with Crippen LogP contribution < -0.4 is 0 Å². The van der Waals surface area contributed by atoms with Gasteiger partial charge in [0, 0.05) is 17.3 Å². The van der Waals surface area contributed by atoms with Crippen LogP contribution in [0.5, 0.6) is 0 Å². The van der Waals surface area contributed by atoms with Crippen molar-refractivity contribution in [1.82, 2.24) is 4.90 Å². The van der Waals surface area contributed by atoms with Gasteiger partial charge in [0.2, 0.25) is 11.8 Å². The van der Waals surface area contributed by atoms with Gasteiger partial charge in [0.15, 0.2) is 0 Å². The first kappa shape index (κ1) is 14.3. The molecule has 4 heteroatoms. The van der Waals surface area contributed by atoms with E-state index < -0.39 is 0 Å². The first-order valence-corrected chi connectivity index (χ1v) is 7.20. The molecule has 1 fully saturated rings. The first-order chi connectivity index (χ1) is 8.80. The lowest BCUT2D eigenvalue weighted by Gasteiger charge is -2.38. The standard InChI is InChI=1S/C15H18BrNO2/c1-10(11-5-4-6-12(16)7-11)17-13(18)8-15(2,3)9-14(17)19/h4-7,10H,8-9H2,1-3H3. The molecule has 1 atom stereocenters. The fraction of sp³-hybridized carbons (Fsp3) is 0.467. The SMILES string of the molecule is CC(c1cccc(Br)c1)N1C(=O)CC(C)(C)CC1=O. The summed E-state index contributed by atoms with van der Waals surface area (Å²) in [5, 5.41) is 0. The number of nitrogens with zero attached hydrogens (tertiary/aromatic N) is 1. The molecule has 19 heavy (non-hydrogen) atoms. The molecule has 0 bridgehead atoms. The minimum atomic E-state index is -0.221. The number of amides is 2. The Hall–Kier alpha value is -1.16. The smallest absolute Gasteiger partial charge is 0.230 e. The summed E-state index contributed by atoms with van der Waals surface area (Å²) < 4.78 is 0.953. The highest BCUT2D eigenvalue weighted by molar-refractivity contribution is 9.10. The van der Waals surface area contributed by atoms with Crippen molar-refractivity contribution >= 4 is 27.7 Å². The Balaban J connectivity index is 2.26. The second-order valence-corrected chi connectivity index (χ2v) is 6.82. The summed E-state index contributed by atoms with van der Waals surface area (Å²) in [5.41, 5.74) is 0.748. The van der Waals surface area contributed by atoms with Gasteiger partial charge in [-0.3, -0.25) is 14.5 Å². The fourth-order valence-electron chi connectivity index (χ4n) is 2.54. The van der Waals surface area contributed by atoms with E-state index in [2.05, 4.69) is 15.9 Å². The molecule has 0 radical (unpaired) electrons. The van der Waals surface area contributed by atoms with E-state index in [1.165, 1.54) is 4.90 Å². The molecule has 0 N–H and O–H groups in total. The molecular weight excluding hydrogens is 306 g/mol. The van der Waals surface area contributed by atoms with E-state index in [0.717, 1.165) is 10.0 Å². The molecule has 1 aliphatic rings. The van der Waals surface area contributed by atoms with Crippen LogP contribution >= 0.6 is 15.9 Å². The fourth-order valence-corrected chi connectivity index (χ4v) is 2.96. The highest BCUT2D eigenvalue weighted by Crippen LogP contribution is 2.35. The predicted molar refractivity (Wildman–Crippen MR) is 77.4 cm³/mol. The van der Waals surface area contributed by atoms with E-state index in [4.69, 9.17) is 0 Å². The second-order valence-electron chi connectivity index (χ2n) is 5.91. The van der Waals surface area contributed by atoms with Crippen molar-refractivity contribution in [3.63, 3.8) is 0 Å². The summed E-state index contributed by atoms with van der Waals surface area (Å²) in [6.45, 7) is 5.82. The zero-order valence-electron chi connectivity index (χ0n) is 11.4. The Morgan fingerprint density at radius 3 is 2.32 bits per heavy atom. The maximum absolute atomic E-state index is 12.2. The van der Waals surface area contributed by atoms with E-state index in [1.807, 2.05) is 45.0 Å². The van der Waals surface area contributed by atoms with Crippen LogP contribution in [0, 0.1) is 5.41 Å². The van der Waals surface area contributed by atoms with Gasteiger partial charge in [-0.05, 0) is 30.0 Å². The molecule has 3 nitrogen and oxygen atoms in total. The molecule has 0 aliphatic carbocycles. The van der Waals surface area contributed by atoms with Gasteiger partial charge in [-0.15, -0.1) is 0 Å². The van der Waals surface area contributed by atoms with Crippen molar-refractivity contribution in [3.05, 3.63) is 34.3 Å². The van der Waals surface area contributed by atoms with Crippen LogP contribution in [-0.4, -0.2) is 16.7 Å². The van der Waals surface area contributed by atoms with E-state index in [9.17, 15) is 9.59 Å². The minimum Gasteiger partial charge on any atom is -0.275 e. The van der Waals surface area contributed by atoms with Crippen LogP contribution in [0.4, 0.5) is 0 Å². The van der Waals surface area contributed by atoms with Crippen LogP contribution in [0.15, 0.2) is 28.7 Å². The molecule has 1 aromatic carbocycles. The van der Waals surface area contributed by atoms with E-state index in [0.29, 0.717) is 12.8 Å². The van der Waals surface area contributed by atoms with Crippen LogP contribution in [0.1, 0.15) is 45.2 Å². The normalized spacial score (nSPS) is 20.5. The van der Waals surface area contributed by atoms with Crippen LogP contribution in [0.25, 0.3) is 0 Å². The number of hydrogen-bond donors (Lipinski definition) is 0. The van der Waals surface area contributed by atoms with Crippen molar-refractivity contribution in [2.24, 2.45) is 5.41 Å². The maximum Gasteiger partial charge on any atom is 0.230 e. The number of rotatable bonds is 2. The zero-order chi connectivity index (χ0) is 14.2. The van der Waals surface area contributed by atoms with E-state index in [-0.39, 0.29) is 23.3 Å². The van der Waals surface area contributed by atoms with Crippen LogP contribution in [0.2, 0.25) is 0 Å². The van der Waals surface area contributed by atoms with Gasteiger partial charge in [0.1, 0.15) is 0 Å². The molecular formula is C15H18BrNO2. The molecule has 1 saturated heterocycles. The number of piperidine rings is 1. The number of hydrogen-bond acceptors (Lipinski definition) is 2. The third kappa shape index (κ3) is 3.06. The van der Waals surface area contributed by atoms with Gasteiger partial charge in [-0.2, -0.15) is 0 Å². The average Bonchev–Trinajstić information content (AvgIpc) is 2.25. The zero-order valence-corrected chi connectivity index (χ0v) is 13.0. The Bertz CT molecular complexity index is 505. The molecule has 2 rings (SSSR count). The quantitative estimate of drug-likeness (QED) is 0.778. The minimum absolute atomic E-state index is 0.0753. The first-order valence-electron chi connectivity index (χ1n) is 6.40. The number of likely N-dealkylation sites (tertiary alicyclic amines) is 1. The summed E-state index contributed by atoms with van der Waals surface area (Å²) in [6.07, 6.45) is 0.855. The highest BCUT2D eigenvalue weighted by atomic mass is 79.9. The lowest BCUT2D eigenvalue weighted by molar-refractivity contribution is -0.155. The number of carbonyl (C=O) groups excluding carboxylic acids is 2. The van der Waals surface area contributed by atoms with Gasteiger partial charge in [-0.25, -0.2) is 0 Å². The summed E-state index contributed by atoms with van der Waals surface area (Å²) in [5.74, 6) is -0.151. The number of halogens is 1. The Kier molecular flexibility index (Phi) is 3.81. The van der Waals surface area contributed by atoms with E-state index in [1.54, 1.807) is 0 Å². The summed E-state index contributed by atoms with van der Waals surface area (Å²) in [6, 6.07) is 7.52. The molecule has 1 heterocycles. The molecule has 102 valence electrons. The van der Waals surface area contributed by atoms with Crippen molar-refractivity contribution in [2.75, 3.05) is 0 Å². The Morgan fingerprint density at radius 2 is 1.79 bits per heavy atom. The summed E-state index contributed by atoms with van der Waals surface area (Å²) in [4.78, 5) is 25.8. The van der Waals surface area contributed by atoms with Gasteiger partial charge in [0.05, 0.1) is 6.04 Å². The monoisotopic (exact) mass is 323 g/mol. The molecule has 1 unspecified atom stereocenters. The van der Waals surface area contributed by atoms with E-state index >= 15 is 0 Å². The maximum atomic E-state index is 12.2. The molecule has 1 aromatic rings. The van der Waals surface area contributed by atoms with Crippen molar-refractivity contribution < 1.29 is 9.59 Å². The lowest BCUT2D eigenvalue weighted by atomic mass is 9.81. The van der Waals surface area contributed by atoms with Crippen LogP contribution in [0.3, 0.4) is 0 Å². The van der Waals surface area contributed by atoms with Crippen LogP contribution in [-0.2, 0) is 9.59 Å². The predicted octanol–water partition coefficient (Wildman–Crippen LogP) is 3.69. The Labute approximate surface area is 122 Å². The Morgan fingerprint density at radius 1 is 1.21 bits per heavy atom. The van der Waals surface area contributed by atoms with Crippen molar-refractivity contribution in [3.8, 4) is 0 Å². The average molecular weight is 324 g/mol. The van der Waals surface area contributed by atoms with Gasteiger partial charge in [-0.1, -0.05) is 41.9 Å². The molecule has 0 spiro atoms. The molecule has 0 saturated carbocycles. The third-order valence-corrected chi connectivity index (χ3v) is 4.01. The van der Waals surface area contributed by atoms with Crippen molar-refractivity contribution in [2.45, 2.75) is 39.7 Å². The lowest BCUT2D eigenvalue weighted by Crippen LogP contribution is -2.47. The van der Waals surface area contributed by atoms with Gasteiger partial charge >= 0.3 is 0 Å². The molecule has 1 aliphatic heterocycles. The van der Waals surface area contributed by atoms with Gasteiger partial charge in [0.25, 0.3) is 0 Å². The number of carbonyl (C=O) groups is 2. The molecule has 2 amide bonds. The summed E-state index contributed by atoms with van der Waals surface area (Å²) >= 11 is 3.41. The van der Waals surface area contributed by atoms with Crippen molar-refractivity contribution in [1.29, 1.82) is 0 Å². The highest BCUT2D eigenvalue weighted by Gasteiger charge is 2.39.